The molecule has 172 valence electrons. The van der Waals surface area contributed by atoms with Gasteiger partial charge in [0.15, 0.2) is 5.82 Å². The topological polar surface area (TPSA) is 151 Å². The highest BCUT2D eigenvalue weighted by molar-refractivity contribution is 6.32. The molecule has 0 radical (unpaired) electrons. The zero-order valence-corrected chi connectivity index (χ0v) is 19.1. The second kappa shape index (κ2) is 9.21. The van der Waals surface area contributed by atoms with Gasteiger partial charge in [0.1, 0.15) is 11.8 Å². The van der Waals surface area contributed by atoms with Gasteiger partial charge in [-0.1, -0.05) is 11.6 Å². The Labute approximate surface area is 198 Å². The highest BCUT2D eigenvalue weighted by Crippen LogP contribution is 2.30. The number of amides is 2. The lowest BCUT2D eigenvalue weighted by atomic mass is 10.0. The molecule has 2 amide bonds. The average Bonchev–Trinajstić information content (AvgIpc) is 3.45. The number of benzene rings is 1. The van der Waals surface area contributed by atoms with Crippen LogP contribution in [-0.4, -0.2) is 49.9 Å². The van der Waals surface area contributed by atoms with Crippen molar-refractivity contribution in [1.29, 1.82) is 5.26 Å². The van der Waals surface area contributed by atoms with Gasteiger partial charge in [-0.2, -0.15) is 10.4 Å². The van der Waals surface area contributed by atoms with Gasteiger partial charge in [-0.05, 0) is 32.0 Å². The van der Waals surface area contributed by atoms with Crippen LogP contribution in [0, 0.1) is 11.3 Å². The number of hydrogen-bond acceptors (Lipinski definition) is 7. The fourth-order valence-electron chi connectivity index (χ4n) is 3.37. The molecule has 0 fully saturated rings. The van der Waals surface area contributed by atoms with Gasteiger partial charge in [0.05, 0.1) is 40.7 Å². The summed E-state index contributed by atoms with van der Waals surface area (Å²) >= 11 is 6.26. The van der Waals surface area contributed by atoms with E-state index in [9.17, 15) is 14.9 Å². The maximum Gasteiger partial charge on any atom is 0.274 e. The lowest BCUT2D eigenvalue weighted by molar-refractivity contribution is 0.0945. The Hall–Kier alpha value is -4.43. The largest absolute Gasteiger partial charge is 0.480 e. The van der Waals surface area contributed by atoms with Gasteiger partial charge < -0.3 is 15.4 Å². The molecule has 0 atom stereocenters. The minimum Gasteiger partial charge on any atom is -0.480 e. The van der Waals surface area contributed by atoms with E-state index < -0.39 is 11.8 Å². The number of nitrogens with zero attached hydrogens (tertiary/aromatic N) is 5. The fraction of sp³-hybridized carbons (Fsp3) is 0.182. The molecule has 12 heteroatoms. The molecule has 0 unspecified atom stereocenters. The first-order valence-corrected chi connectivity index (χ1v) is 10.5. The van der Waals surface area contributed by atoms with Gasteiger partial charge >= 0.3 is 0 Å². The highest BCUT2D eigenvalue weighted by Gasteiger charge is 2.26. The first-order chi connectivity index (χ1) is 16.3. The minimum atomic E-state index is -0.661. The van der Waals surface area contributed by atoms with Gasteiger partial charge in [0.2, 0.25) is 5.88 Å². The third-order valence-electron chi connectivity index (χ3n) is 4.81. The summed E-state index contributed by atoms with van der Waals surface area (Å²) in [4.78, 5) is 30.7. The maximum absolute atomic E-state index is 13.4. The van der Waals surface area contributed by atoms with Crippen molar-refractivity contribution in [3.05, 3.63) is 58.5 Å². The van der Waals surface area contributed by atoms with E-state index in [1.54, 1.807) is 26.0 Å². The number of fused-ring (bicyclic) bond motifs is 1. The van der Waals surface area contributed by atoms with Crippen molar-refractivity contribution < 1.29 is 14.3 Å². The zero-order valence-electron chi connectivity index (χ0n) is 18.4. The number of carbonyl (C=O) groups excluding carboxylic acids is 2. The number of aromatic nitrogens is 5. The van der Waals surface area contributed by atoms with Crippen LogP contribution >= 0.6 is 11.6 Å². The first kappa shape index (κ1) is 22.8. The molecule has 0 aliphatic rings. The monoisotopic (exact) mass is 478 g/mol. The van der Waals surface area contributed by atoms with Gasteiger partial charge in [0, 0.05) is 23.7 Å². The predicted molar refractivity (Wildman–Crippen MR) is 124 cm³/mol. The number of carbonyl (C=O) groups is 2. The van der Waals surface area contributed by atoms with E-state index in [-0.39, 0.29) is 45.3 Å². The number of hydrogen-bond donors (Lipinski definition) is 3. The smallest absolute Gasteiger partial charge is 0.274 e. The summed E-state index contributed by atoms with van der Waals surface area (Å²) in [7, 11) is 1.41. The van der Waals surface area contributed by atoms with E-state index in [1.165, 1.54) is 36.3 Å². The van der Waals surface area contributed by atoms with E-state index in [4.69, 9.17) is 16.3 Å². The molecule has 0 spiro atoms. The Kier molecular flexibility index (Phi) is 6.16. The van der Waals surface area contributed by atoms with Gasteiger partial charge in [-0.15, -0.1) is 5.10 Å². The van der Waals surface area contributed by atoms with Crippen LogP contribution in [0.4, 0.5) is 5.69 Å². The molecule has 4 aromatic rings. The van der Waals surface area contributed by atoms with Crippen LogP contribution < -0.4 is 15.4 Å². The zero-order chi connectivity index (χ0) is 24.4. The highest BCUT2D eigenvalue weighted by atomic mass is 35.5. The standard InChI is InChI=1S/C22H19ClN8O3/c1-11(2)27-22(33)17-18(12(9-24)7-13-10-26-29-19(13)17)28-21(32)15-8-16(34-3)30-31(15)20-14(23)5-4-6-25-20/h4-8,10-11H,1-3H3,(H,26,29)(H,27,33)(H,28,32). The average molecular weight is 479 g/mol. The molecule has 1 aromatic carbocycles. The first-order valence-electron chi connectivity index (χ1n) is 10.1. The van der Waals surface area contributed by atoms with Crippen LogP contribution in [0.5, 0.6) is 5.88 Å². The molecule has 3 aromatic heterocycles. The summed E-state index contributed by atoms with van der Waals surface area (Å²) in [5.41, 5.74) is 0.612. The number of anilines is 1. The maximum atomic E-state index is 13.4. The lowest BCUT2D eigenvalue weighted by Crippen LogP contribution is -2.31. The number of nitriles is 1. The molecular formula is C22H19ClN8O3. The van der Waals surface area contributed by atoms with Crippen molar-refractivity contribution in [2.75, 3.05) is 12.4 Å². The Morgan fingerprint density at radius 2 is 2.09 bits per heavy atom. The molecule has 0 aliphatic heterocycles. The molecule has 3 heterocycles. The summed E-state index contributed by atoms with van der Waals surface area (Å²) in [6, 6.07) is 8.04. The number of pyridine rings is 1. The molecule has 0 saturated heterocycles. The van der Waals surface area contributed by atoms with E-state index in [2.05, 4.69) is 30.9 Å². The summed E-state index contributed by atoms with van der Waals surface area (Å²) in [5.74, 6) is -0.781. The number of halogens is 1. The number of methoxy groups -OCH3 is 1. The normalized spacial score (nSPS) is 10.8. The Bertz CT molecular complexity index is 1450. The minimum absolute atomic E-state index is 0.0289. The number of nitrogens with one attached hydrogen (secondary N) is 3. The molecule has 0 aliphatic carbocycles. The van der Waals surface area contributed by atoms with Crippen LogP contribution in [0.1, 0.15) is 40.3 Å². The van der Waals surface area contributed by atoms with Crippen LogP contribution in [0.15, 0.2) is 36.7 Å². The molecule has 11 nitrogen and oxygen atoms in total. The number of aromatic amines is 1. The van der Waals surface area contributed by atoms with Crippen molar-refractivity contribution in [1.82, 2.24) is 30.3 Å². The molecule has 0 saturated carbocycles. The quantitative estimate of drug-likeness (QED) is 0.385. The van der Waals surface area contributed by atoms with Crippen molar-refractivity contribution in [2.24, 2.45) is 0 Å². The Morgan fingerprint density at radius 1 is 1.29 bits per heavy atom. The number of H-pyrrole nitrogens is 1. The van der Waals surface area contributed by atoms with Crippen molar-refractivity contribution >= 4 is 40.0 Å². The lowest BCUT2D eigenvalue weighted by Gasteiger charge is -2.16. The molecule has 4 rings (SSSR count). The van der Waals surface area contributed by atoms with E-state index in [0.717, 1.165) is 0 Å². The predicted octanol–water partition coefficient (Wildman–Crippen LogP) is 3.07. The van der Waals surface area contributed by atoms with Crippen molar-refractivity contribution in [3.8, 4) is 17.8 Å². The van der Waals surface area contributed by atoms with Crippen LogP contribution in [-0.2, 0) is 0 Å². The third-order valence-corrected chi connectivity index (χ3v) is 5.11. The number of ether oxygens (including phenoxy) is 1. The summed E-state index contributed by atoms with van der Waals surface area (Å²) in [6.45, 7) is 3.60. The Morgan fingerprint density at radius 3 is 2.76 bits per heavy atom. The van der Waals surface area contributed by atoms with Crippen LogP contribution in [0.2, 0.25) is 5.02 Å². The van der Waals surface area contributed by atoms with Crippen LogP contribution in [0.3, 0.4) is 0 Å². The van der Waals surface area contributed by atoms with E-state index in [1.807, 2.05) is 6.07 Å². The van der Waals surface area contributed by atoms with Crippen LogP contribution in [0.25, 0.3) is 16.7 Å². The molecule has 34 heavy (non-hydrogen) atoms. The summed E-state index contributed by atoms with van der Waals surface area (Å²) in [5, 5.41) is 27.0. The third kappa shape index (κ3) is 4.14. The fourth-order valence-corrected chi connectivity index (χ4v) is 3.57. The molecule has 3 N–H and O–H groups in total. The van der Waals surface area contributed by atoms with Gasteiger partial charge in [-0.3, -0.25) is 14.7 Å². The Balaban J connectivity index is 1.85. The second-order valence-corrected chi connectivity index (χ2v) is 7.90. The molecular weight excluding hydrogens is 460 g/mol. The molecule has 0 bridgehead atoms. The second-order valence-electron chi connectivity index (χ2n) is 7.50. The summed E-state index contributed by atoms with van der Waals surface area (Å²) in [6.07, 6.45) is 3.00. The SMILES string of the molecule is COc1cc(C(=O)Nc2c(C#N)cc3cn[nH]c3c2C(=O)NC(C)C)n(-c2ncccc2Cl)n1. The van der Waals surface area contributed by atoms with E-state index >= 15 is 0 Å². The van der Waals surface area contributed by atoms with Gasteiger partial charge in [-0.25, -0.2) is 9.67 Å². The van der Waals surface area contributed by atoms with Crippen molar-refractivity contribution in [2.45, 2.75) is 19.9 Å². The van der Waals surface area contributed by atoms with Crippen molar-refractivity contribution in [3.63, 3.8) is 0 Å². The van der Waals surface area contributed by atoms with Gasteiger partial charge in [0.25, 0.3) is 11.8 Å². The number of rotatable bonds is 6. The van der Waals surface area contributed by atoms with E-state index in [0.29, 0.717) is 10.9 Å². The summed E-state index contributed by atoms with van der Waals surface area (Å²) < 4.78 is 6.41.